The average molecular weight is 1460 g/mol. The molecule has 20 unspecified atom stereocenters. The van der Waals surface area contributed by atoms with Gasteiger partial charge in [-0.1, -0.05) is 29.0 Å². The predicted octanol–water partition coefficient (Wildman–Crippen LogP) is -14.3. The van der Waals surface area contributed by atoms with Crippen molar-refractivity contribution >= 4 is 0 Å². The second kappa shape index (κ2) is 35.1. The van der Waals surface area contributed by atoms with Gasteiger partial charge in [-0.2, -0.15) is 0 Å². The van der Waals surface area contributed by atoms with Gasteiger partial charge in [0.05, 0.1) is 60.9 Å². The molecular weight excluding hydrogens is 1340 g/mol. The number of ether oxygens (including phenoxy) is 12. The van der Waals surface area contributed by atoms with Crippen LogP contribution in [0.3, 0.4) is 0 Å². The van der Waals surface area contributed by atoms with E-state index >= 15 is 0 Å². The van der Waals surface area contributed by atoms with E-state index in [0.717, 1.165) is 11.1 Å². The first kappa shape index (κ1) is 81.7. The lowest BCUT2D eigenvalue weighted by molar-refractivity contribution is -0.306. The van der Waals surface area contributed by atoms with Gasteiger partial charge in [0.1, 0.15) is 134 Å². The zero-order valence-corrected chi connectivity index (χ0v) is 55.5. The Kier molecular flexibility index (Phi) is 28.4. The molecule has 101 heavy (non-hydrogen) atoms. The summed E-state index contributed by atoms with van der Waals surface area (Å²) >= 11 is 0. The van der Waals surface area contributed by atoms with Crippen molar-refractivity contribution in [3.8, 4) is 0 Å². The van der Waals surface area contributed by atoms with Crippen LogP contribution in [0.5, 0.6) is 0 Å². The standard InChI is InChI=1S/C58H106N18O24.CH4/c1-17(3-5-19-13-75(73-71-19)15-29-49(97-55-33(69)43(85)39(81)27(11-61)91-55)45(87)57(93-29)99-51-35(77)21(63)7-23(65)47(51)95-53-31(67)41(83)37(79)25(9-59)89-53)18(2)4-6-20-14-76(74-72-20)16-30-50(98-56-34(70)44(86)40(82)28(12-62)92-56)46(88)58(94-30)100-52-36(78)22(64)8-24(66)48(52)96-54-32(68)42(84)38(80)26(10-60)90-54;/h13-14,21-58,77-88H,3-12,15-16,59-70H2,1-2H3;1H4/b18-17+;/t21-,22-,23?,24?,25?,26?,27+,28+,29-,30-,31?,32?,33?,34?,35?,36?,37?,38?,39?,40?,41-,42-,43?,44?,45+,46+,47?,48?,49?,50?,51-,52-,53-,54-,55-,56-,57+,58+;/m1./s1. The largest absolute Gasteiger partial charge is 0.389 e. The molecule has 0 bridgehead atoms. The molecule has 8 aliphatic rings. The smallest absolute Gasteiger partial charge is 0.187 e. The minimum absolute atomic E-state index is 0. The first-order valence-electron chi connectivity index (χ1n) is 33.8. The summed E-state index contributed by atoms with van der Waals surface area (Å²) in [6, 6.07) is -9.07. The summed E-state index contributed by atoms with van der Waals surface area (Å²) in [5.74, 6) is 0. The van der Waals surface area contributed by atoms with Crippen LogP contribution in [0, 0.1) is 0 Å². The molecule has 0 amide bonds. The summed E-state index contributed by atoms with van der Waals surface area (Å²) < 4.78 is 76.7. The van der Waals surface area contributed by atoms with Gasteiger partial charge in [-0.05, 0) is 52.4 Å². The molecule has 2 saturated carbocycles. The lowest BCUT2D eigenvalue weighted by Crippen LogP contribution is -2.68. The summed E-state index contributed by atoms with van der Waals surface area (Å²) in [5.41, 5.74) is 77.4. The topological polar surface area (TPSA) is 727 Å². The van der Waals surface area contributed by atoms with E-state index in [9.17, 15) is 61.3 Å². The quantitative estimate of drug-likeness (QED) is 0.0389. The number of aromatic nitrogens is 6. The molecule has 580 valence electrons. The van der Waals surface area contributed by atoms with Crippen LogP contribution in [0.2, 0.25) is 0 Å². The summed E-state index contributed by atoms with van der Waals surface area (Å²) in [6.07, 6.45) is -36.7. The summed E-state index contributed by atoms with van der Waals surface area (Å²) in [6.45, 7) is 2.80. The Bertz CT molecular complexity index is 2740. The first-order valence-corrected chi connectivity index (χ1v) is 33.8. The van der Waals surface area contributed by atoms with Gasteiger partial charge in [-0.15, -0.1) is 10.2 Å². The highest BCUT2D eigenvalue weighted by atomic mass is 16.8. The maximum Gasteiger partial charge on any atom is 0.187 e. The average Bonchev–Trinajstić information content (AvgIpc) is 1.73. The van der Waals surface area contributed by atoms with Crippen molar-refractivity contribution in [3.05, 3.63) is 34.9 Å². The number of hydrogen-bond acceptors (Lipinski definition) is 40. The van der Waals surface area contributed by atoms with Crippen molar-refractivity contribution in [2.45, 2.75) is 305 Å². The van der Waals surface area contributed by atoms with Crippen LogP contribution >= 0.6 is 0 Å². The van der Waals surface area contributed by atoms with Crippen LogP contribution in [0.25, 0.3) is 0 Å². The molecule has 2 aromatic heterocycles. The van der Waals surface area contributed by atoms with Crippen LogP contribution in [0.4, 0.5) is 0 Å². The number of hydrogen-bond donors (Lipinski definition) is 24. The van der Waals surface area contributed by atoms with Gasteiger partial charge in [-0.25, -0.2) is 9.36 Å². The number of allylic oxidation sites excluding steroid dienone is 2. The van der Waals surface area contributed by atoms with Gasteiger partial charge in [0.2, 0.25) is 0 Å². The Hall–Kier alpha value is -3.42. The normalized spacial score (nSPS) is 47.1. The number of aliphatic hydroxyl groups is 12. The molecule has 10 rings (SSSR count). The molecule has 42 nitrogen and oxygen atoms in total. The predicted molar refractivity (Wildman–Crippen MR) is 344 cm³/mol. The van der Waals surface area contributed by atoms with E-state index in [-0.39, 0.29) is 59.5 Å². The number of aliphatic hydroxyl groups excluding tert-OH is 12. The number of nitrogens with two attached hydrogens (primary N) is 12. The minimum atomic E-state index is -1.69. The van der Waals surface area contributed by atoms with Crippen molar-refractivity contribution in [1.82, 2.24) is 30.0 Å². The minimum Gasteiger partial charge on any atom is -0.389 e. The molecule has 38 atom stereocenters. The van der Waals surface area contributed by atoms with E-state index < -0.39 is 233 Å². The molecule has 6 aliphatic heterocycles. The van der Waals surface area contributed by atoms with E-state index in [4.69, 9.17) is 126 Å². The Morgan fingerprint density at radius 3 is 0.921 bits per heavy atom. The summed E-state index contributed by atoms with van der Waals surface area (Å²) in [5, 5.41) is 150. The van der Waals surface area contributed by atoms with E-state index in [1.54, 1.807) is 12.4 Å². The molecule has 0 radical (unpaired) electrons. The second-order valence-corrected chi connectivity index (χ2v) is 27.6. The molecular formula is C59H110N18O24. The molecule has 6 saturated heterocycles. The van der Waals surface area contributed by atoms with Crippen LogP contribution in [-0.4, -0.2) is 350 Å². The van der Waals surface area contributed by atoms with Crippen molar-refractivity contribution in [3.63, 3.8) is 0 Å². The molecule has 8 heterocycles. The third-order valence-electron chi connectivity index (χ3n) is 20.5. The van der Waals surface area contributed by atoms with Crippen molar-refractivity contribution in [2.24, 2.45) is 68.8 Å². The second-order valence-electron chi connectivity index (χ2n) is 27.6. The van der Waals surface area contributed by atoms with E-state index in [2.05, 4.69) is 20.6 Å². The third-order valence-corrected chi connectivity index (χ3v) is 20.5. The zero-order valence-electron chi connectivity index (χ0n) is 55.5. The monoisotopic (exact) mass is 1450 g/mol. The van der Waals surface area contributed by atoms with Crippen molar-refractivity contribution < 1.29 is 118 Å². The highest BCUT2D eigenvalue weighted by Gasteiger charge is 2.58. The van der Waals surface area contributed by atoms with Gasteiger partial charge < -0.3 is 187 Å². The van der Waals surface area contributed by atoms with Gasteiger partial charge in [0.25, 0.3) is 0 Å². The first-order chi connectivity index (χ1) is 47.5. The van der Waals surface area contributed by atoms with E-state index in [0.29, 0.717) is 37.1 Å². The zero-order chi connectivity index (χ0) is 72.6. The third kappa shape index (κ3) is 17.8. The van der Waals surface area contributed by atoms with Crippen LogP contribution in [0.15, 0.2) is 23.5 Å². The Morgan fingerprint density at radius 1 is 0.366 bits per heavy atom. The SMILES string of the molecule is C.C/C(CCc1cn(C[C@H]2O[C@@H](O[C@H]3C(O[C@H]4OC(CN)C(O)[C@H](O)C4N)C(N)C[C@@H](N)C3O)[C@@H](O)C2O[C@H]2O[C@@H](CN)C(O)C(O)C2N)nn1)=C(/C)CCc1cn(C[C@H]2O[C@@H](O[C@H]3C(O[C@H]4OC(CN)C(O)[C@H](O)C4N)C(N)C[C@@H](N)C3O)[C@@H](O)C2O[C@H]2O[C@@H](CN)C(O)C(O)C2N)nn1. The Morgan fingerprint density at radius 2 is 0.634 bits per heavy atom. The Balaban J connectivity index is 0.0000119. The fraction of sp³-hybridized carbons (Fsp3) is 0.898. The van der Waals surface area contributed by atoms with Crippen LogP contribution in [-0.2, 0) is 82.8 Å². The molecule has 42 heteroatoms. The van der Waals surface area contributed by atoms with Gasteiger partial charge in [-0.3, -0.25) is 0 Å². The molecule has 0 aromatic carbocycles. The molecule has 36 N–H and O–H groups in total. The van der Waals surface area contributed by atoms with Crippen molar-refractivity contribution in [1.29, 1.82) is 0 Å². The fourth-order valence-corrected chi connectivity index (χ4v) is 14.0. The van der Waals surface area contributed by atoms with E-state index in [1.807, 2.05) is 13.8 Å². The number of nitrogens with zero attached hydrogens (tertiary/aromatic N) is 6. The maximum absolute atomic E-state index is 12.1. The highest BCUT2D eigenvalue weighted by Crippen LogP contribution is 2.38. The van der Waals surface area contributed by atoms with Crippen LogP contribution in [0.1, 0.15) is 58.3 Å². The van der Waals surface area contributed by atoms with Crippen molar-refractivity contribution in [2.75, 3.05) is 26.2 Å². The molecule has 8 fully saturated rings. The lowest BCUT2D eigenvalue weighted by Gasteiger charge is -2.47. The lowest BCUT2D eigenvalue weighted by atomic mass is 9.84. The number of rotatable bonds is 26. The number of aryl methyl sites for hydroxylation is 2. The van der Waals surface area contributed by atoms with E-state index in [1.165, 1.54) is 9.36 Å². The summed E-state index contributed by atoms with van der Waals surface area (Å²) in [4.78, 5) is 0. The Labute approximate surface area is 581 Å². The van der Waals surface area contributed by atoms with Gasteiger partial charge >= 0.3 is 0 Å². The molecule has 2 aromatic rings. The fourth-order valence-electron chi connectivity index (χ4n) is 14.0. The van der Waals surface area contributed by atoms with Gasteiger partial charge in [0.15, 0.2) is 37.7 Å². The molecule has 2 aliphatic carbocycles. The maximum atomic E-state index is 12.1. The molecule has 0 spiro atoms. The van der Waals surface area contributed by atoms with Gasteiger partial charge in [0, 0.05) is 62.7 Å². The summed E-state index contributed by atoms with van der Waals surface area (Å²) in [7, 11) is 0. The van der Waals surface area contributed by atoms with Crippen LogP contribution < -0.4 is 68.8 Å². The highest BCUT2D eigenvalue weighted by molar-refractivity contribution is 5.14.